The molecular formula is C30H28F3N5O3. The smallest absolute Gasteiger partial charge is 0.406 e. The van der Waals surface area contributed by atoms with Gasteiger partial charge in [0.1, 0.15) is 5.75 Å². The van der Waals surface area contributed by atoms with Crippen LogP contribution in [0.15, 0.2) is 79.0 Å². The van der Waals surface area contributed by atoms with Gasteiger partial charge in [-0.25, -0.2) is 9.97 Å². The fourth-order valence-electron chi connectivity index (χ4n) is 4.36. The first-order chi connectivity index (χ1) is 19.7. The Balaban J connectivity index is 1.21. The molecule has 11 heteroatoms. The Morgan fingerprint density at radius 3 is 2.44 bits per heavy atom. The van der Waals surface area contributed by atoms with Crippen molar-refractivity contribution in [3.63, 3.8) is 0 Å². The third kappa shape index (κ3) is 7.80. The van der Waals surface area contributed by atoms with Crippen LogP contribution in [0.5, 0.6) is 5.75 Å². The maximum atomic E-state index is 13.0. The topological polar surface area (TPSA) is 88.6 Å². The van der Waals surface area contributed by atoms with Crippen molar-refractivity contribution in [1.82, 2.24) is 14.9 Å². The number of amides is 1. The van der Waals surface area contributed by atoms with E-state index in [9.17, 15) is 18.0 Å². The van der Waals surface area contributed by atoms with Crippen LogP contribution >= 0.6 is 0 Å². The van der Waals surface area contributed by atoms with Crippen molar-refractivity contribution < 1.29 is 27.4 Å². The summed E-state index contributed by atoms with van der Waals surface area (Å²) in [6, 6.07) is 20.1. The quantitative estimate of drug-likeness (QED) is 0.265. The van der Waals surface area contributed by atoms with Crippen molar-refractivity contribution >= 4 is 23.2 Å². The van der Waals surface area contributed by atoms with Gasteiger partial charge >= 0.3 is 6.36 Å². The van der Waals surface area contributed by atoms with Gasteiger partial charge in [-0.3, -0.25) is 9.69 Å². The molecule has 5 rings (SSSR count). The van der Waals surface area contributed by atoms with Crippen LogP contribution in [-0.2, 0) is 11.3 Å². The summed E-state index contributed by atoms with van der Waals surface area (Å²) in [5.74, 6) is -0.240. The van der Waals surface area contributed by atoms with E-state index in [0.29, 0.717) is 28.5 Å². The van der Waals surface area contributed by atoms with E-state index in [1.54, 1.807) is 36.5 Å². The molecule has 8 nitrogen and oxygen atoms in total. The van der Waals surface area contributed by atoms with Gasteiger partial charge in [0.2, 0.25) is 5.95 Å². The maximum Gasteiger partial charge on any atom is 0.573 e. The molecule has 4 aromatic rings. The summed E-state index contributed by atoms with van der Waals surface area (Å²) in [6.45, 7) is 6.00. The molecule has 2 N–H and O–H groups in total. The number of ether oxygens (including phenoxy) is 2. The SMILES string of the molecule is Cc1ccc(CN2CCOCC2)cc1NC(=O)c1ccc(Nc2nccc(-c3ccc(OC(F)(F)F)cc3)n2)cc1. The van der Waals surface area contributed by atoms with Crippen molar-refractivity contribution in [1.29, 1.82) is 0 Å². The van der Waals surface area contributed by atoms with E-state index < -0.39 is 6.36 Å². The van der Waals surface area contributed by atoms with Crippen LogP contribution in [0.1, 0.15) is 21.5 Å². The van der Waals surface area contributed by atoms with E-state index in [0.717, 1.165) is 49.7 Å². The van der Waals surface area contributed by atoms with E-state index in [-0.39, 0.29) is 11.7 Å². The third-order valence-corrected chi connectivity index (χ3v) is 6.50. The standard InChI is InChI=1S/C30H28F3N5O3/c1-20-2-3-21(19-38-14-16-40-17-15-38)18-27(20)36-28(39)23-4-8-24(9-5-23)35-29-34-13-12-26(37-29)22-6-10-25(11-7-22)41-30(31,32)33/h2-13,18H,14-17,19H2,1H3,(H,36,39)(H,34,35,37). The first-order valence-corrected chi connectivity index (χ1v) is 13.0. The van der Waals surface area contributed by atoms with Gasteiger partial charge in [0, 0.05) is 48.3 Å². The van der Waals surface area contributed by atoms with E-state index in [1.165, 1.54) is 24.3 Å². The minimum Gasteiger partial charge on any atom is -0.406 e. The first kappa shape index (κ1) is 28.1. The van der Waals surface area contributed by atoms with Gasteiger partial charge in [-0.05, 0) is 78.7 Å². The molecule has 1 fully saturated rings. The van der Waals surface area contributed by atoms with Crippen LogP contribution in [0.4, 0.5) is 30.5 Å². The number of hydrogen-bond acceptors (Lipinski definition) is 7. The molecule has 3 aromatic carbocycles. The number of alkyl halides is 3. The number of halogens is 3. The molecule has 1 aliphatic rings. The zero-order valence-corrected chi connectivity index (χ0v) is 22.2. The summed E-state index contributed by atoms with van der Waals surface area (Å²) in [5.41, 5.74) is 5.14. The van der Waals surface area contributed by atoms with Gasteiger partial charge in [0.25, 0.3) is 5.91 Å². The fraction of sp³-hybridized carbons (Fsp3) is 0.233. The Morgan fingerprint density at radius 1 is 1.00 bits per heavy atom. The predicted octanol–water partition coefficient (Wildman–Crippen LogP) is 6.18. The number of carbonyl (C=O) groups excluding carboxylic acids is 1. The minimum absolute atomic E-state index is 0.223. The Labute approximate surface area is 235 Å². The number of benzene rings is 3. The van der Waals surface area contributed by atoms with Crippen molar-refractivity contribution in [2.24, 2.45) is 0 Å². The molecule has 0 spiro atoms. The monoisotopic (exact) mass is 563 g/mol. The number of rotatable bonds is 8. The van der Waals surface area contributed by atoms with Gasteiger partial charge < -0.3 is 20.1 Å². The second-order valence-corrected chi connectivity index (χ2v) is 9.53. The van der Waals surface area contributed by atoms with Crippen LogP contribution in [-0.4, -0.2) is 53.4 Å². The van der Waals surface area contributed by atoms with Gasteiger partial charge in [0.05, 0.1) is 18.9 Å². The lowest BCUT2D eigenvalue weighted by molar-refractivity contribution is -0.274. The highest BCUT2D eigenvalue weighted by molar-refractivity contribution is 6.04. The molecule has 0 atom stereocenters. The number of aryl methyl sites for hydroxylation is 1. The average Bonchev–Trinajstić information content (AvgIpc) is 2.95. The fourth-order valence-corrected chi connectivity index (χ4v) is 4.36. The molecule has 1 saturated heterocycles. The van der Waals surface area contributed by atoms with Crippen LogP contribution < -0.4 is 15.4 Å². The number of anilines is 3. The van der Waals surface area contributed by atoms with Crippen molar-refractivity contribution in [2.45, 2.75) is 19.8 Å². The summed E-state index contributed by atoms with van der Waals surface area (Å²) >= 11 is 0. The highest BCUT2D eigenvalue weighted by atomic mass is 19.4. The lowest BCUT2D eigenvalue weighted by Gasteiger charge is -2.26. The summed E-state index contributed by atoms with van der Waals surface area (Å²) < 4.78 is 46.6. The largest absolute Gasteiger partial charge is 0.573 e. The highest BCUT2D eigenvalue weighted by Crippen LogP contribution is 2.26. The molecule has 0 bridgehead atoms. The first-order valence-electron chi connectivity index (χ1n) is 13.0. The summed E-state index contributed by atoms with van der Waals surface area (Å²) in [6.07, 6.45) is -3.21. The Hall–Kier alpha value is -4.48. The van der Waals surface area contributed by atoms with Crippen molar-refractivity contribution in [3.8, 4) is 17.0 Å². The number of morpholine rings is 1. The number of nitrogens with one attached hydrogen (secondary N) is 2. The summed E-state index contributed by atoms with van der Waals surface area (Å²) in [7, 11) is 0. The van der Waals surface area contributed by atoms with Crippen molar-refractivity contribution in [3.05, 3.63) is 95.7 Å². The van der Waals surface area contributed by atoms with Crippen LogP contribution in [0.2, 0.25) is 0 Å². The molecule has 2 heterocycles. The Bertz CT molecular complexity index is 1490. The molecule has 0 unspecified atom stereocenters. The average molecular weight is 564 g/mol. The van der Waals surface area contributed by atoms with Gasteiger partial charge in [-0.1, -0.05) is 12.1 Å². The van der Waals surface area contributed by atoms with Crippen LogP contribution in [0.25, 0.3) is 11.3 Å². The molecule has 1 aromatic heterocycles. The molecule has 41 heavy (non-hydrogen) atoms. The normalized spacial score (nSPS) is 14.0. The number of nitrogens with zero attached hydrogens (tertiary/aromatic N) is 3. The molecule has 0 saturated carbocycles. The lowest BCUT2D eigenvalue weighted by atomic mass is 10.1. The van der Waals surface area contributed by atoms with E-state index in [1.807, 2.05) is 19.1 Å². The van der Waals surface area contributed by atoms with Gasteiger partial charge in [-0.15, -0.1) is 13.2 Å². The molecule has 1 aliphatic heterocycles. The maximum absolute atomic E-state index is 13.0. The van der Waals surface area contributed by atoms with Crippen molar-refractivity contribution in [2.75, 3.05) is 36.9 Å². The predicted molar refractivity (Wildman–Crippen MR) is 149 cm³/mol. The van der Waals surface area contributed by atoms with E-state index >= 15 is 0 Å². The minimum atomic E-state index is -4.75. The molecular weight excluding hydrogens is 535 g/mol. The van der Waals surface area contributed by atoms with E-state index in [4.69, 9.17) is 4.74 Å². The third-order valence-electron chi connectivity index (χ3n) is 6.50. The van der Waals surface area contributed by atoms with Gasteiger partial charge in [-0.2, -0.15) is 0 Å². The number of hydrogen-bond donors (Lipinski definition) is 2. The molecule has 1 amide bonds. The number of aromatic nitrogens is 2. The van der Waals surface area contributed by atoms with Crippen LogP contribution in [0, 0.1) is 6.92 Å². The lowest BCUT2D eigenvalue weighted by Crippen LogP contribution is -2.35. The second-order valence-electron chi connectivity index (χ2n) is 9.53. The van der Waals surface area contributed by atoms with Gasteiger partial charge in [0.15, 0.2) is 0 Å². The summed E-state index contributed by atoms with van der Waals surface area (Å²) in [4.78, 5) is 24.0. The summed E-state index contributed by atoms with van der Waals surface area (Å²) in [5, 5.41) is 6.10. The Morgan fingerprint density at radius 2 is 1.73 bits per heavy atom. The van der Waals surface area contributed by atoms with E-state index in [2.05, 4.69) is 36.3 Å². The zero-order valence-electron chi connectivity index (χ0n) is 22.2. The molecule has 0 aliphatic carbocycles. The molecule has 212 valence electrons. The Kier molecular flexibility index (Phi) is 8.46. The van der Waals surface area contributed by atoms with Crippen LogP contribution in [0.3, 0.4) is 0 Å². The molecule has 0 radical (unpaired) electrons. The highest BCUT2D eigenvalue weighted by Gasteiger charge is 2.31. The second kappa shape index (κ2) is 12.4. The zero-order chi connectivity index (χ0) is 28.8. The number of carbonyl (C=O) groups is 1.